The molecule has 3 aromatic rings. The first-order valence-electron chi connectivity index (χ1n) is 7.40. The lowest BCUT2D eigenvalue weighted by atomic mass is 10.2. The molecule has 7 heteroatoms. The second-order valence-corrected chi connectivity index (χ2v) is 5.65. The van der Waals surface area contributed by atoms with E-state index in [0.29, 0.717) is 22.7 Å². The number of rotatable bonds is 4. The highest BCUT2D eigenvalue weighted by molar-refractivity contribution is 6.05. The van der Waals surface area contributed by atoms with Crippen molar-refractivity contribution in [3.8, 4) is 0 Å². The van der Waals surface area contributed by atoms with E-state index in [0.717, 1.165) is 0 Å². The van der Waals surface area contributed by atoms with Crippen LogP contribution in [-0.4, -0.2) is 15.8 Å². The minimum atomic E-state index is -0.537. The van der Waals surface area contributed by atoms with E-state index in [-0.39, 0.29) is 17.2 Å². The highest BCUT2D eigenvalue weighted by Crippen LogP contribution is 2.24. The maximum Gasteiger partial charge on any atom is 0.270 e. The zero-order valence-electron chi connectivity index (χ0n) is 13.1. The summed E-state index contributed by atoms with van der Waals surface area (Å²) in [4.78, 5) is 26.9. The zero-order valence-corrected chi connectivity index (χ0v) is 13.1. The third kappa shape index (κ3) is 3.10. The molecule has 0 unspecified atom stereocenters. The number of oxazole rings is 1. The molecule has 1 N–H and O–H groups in total. The molecular weight excluding hydrogens is 310 g/mol. The number of nitrogens with zero attached hydrogens (tertiary/aromatic N) is 2. The molecule has 0 saturated heterocycles. The summed E-state index contributed by atoms with van der Waals surface area (Å²) in [6.07, 6.45) is 0. The number of nitro benzene ring substituents is 1. The van der Waals surface area contributed by atoms with Crippen molar-refractivity contribution in [1.29, 1.82) is 0 Å². The first-order valence-corrected chi connectivity index (χ1v) is 7.40. The molecular formula is C17H15N3O4. The van der Waals surface area contributed by atoms with E-state index in [1.54, 1.807) is 18.2 Å². The lowest BCUT2D eigenvalue weighted by molar-refractivity contribution is -0.384. The Morgan fingerprint density at radius 3 is 2.75 bits per heavy atom. The number of carbonyl (C=O) groups is 1. The van der Waals surface area contributed by atoms with Crippen molar-refractivity contribution in [2.75, 3.05) is 5.32 Å². The van der Waals surface area contributed by atoms with Crippen LogP contribution in [0.4, 0.5) is 11.4 Å². The summed E-state index contributed by atoms with van der Waals surface area (Å²) in [7, 11) is 0. The Morgan fingerprint density at radius 2 is 2.04 bits per heavy atom. The maximum atomic E-state index is 12.3. The van der Waals surface area contributed by atoms with Crippen LogP contribution in [0.5, 0.6) is 0 Å². The zero-order chi connectivity index (χ0) is 17.3. The summed E-state index contributed by atoms with van der Waals surface area (Å²) in [5.41, 5.74) is 1.91. The Kier molecular flexibility index (Phi) is 3.99. The van der Waals surface area contributed by atoms with Gasteiger partial charge >= 0.3 is 0 Å². The number of hydrogen-bond acceptors (Lipinski definition) is 5. The quantitative estimate of drug-likeness (QED) is 0.575. The first-order chi connectivity index (χ1) is 11.4. The maximum absolute atomic E-state index is 12.3. The summed E-state index contributed by atoms with van der Waals surface area (Å²) < 4.78 is 5.66. The van der Waals surface area contributed by atoms with Crippen LogP contribution in [0, 0.1) is 10.1 Å². The van der Waals surface area contributed by atoms with Crippen molar-refractivity contribution >= 4 is 28.4 Å². The lowest BCUT2D eigenvalue weighted by Crippen LogP contribution is -2.11. The fourth-order valence-electron chi connectivity index (χ4n) is 2.23. The summed E-state index contributed by atoms with van der Waals surface area (Å²) in [5, 5.41) is 13.5. The van der Waals surface area contributed by atoms with Gasteiger partial charge in [-0.1, -0.05) is 19.9 Å². The second kappa shape index (κ2) is 6.11. The minimum Gasteiger partial charge on any atom is -0.440 e. The molecule has 0 bridgehead atoms. The van der Waals surface area contributed by atoms with Gasteiger partial charge in [0.1, 0.15) is 5.52 Å². The van der Waals surface area contributed by atoms with Gasteiger partial charge in [0.25, 0.3) is 11.6 Å². The third-order valence-electron chi connectivity index (χ3n) is 3.48. The van der Waals surface area contributed by atoms with E-state index in [4.69, 9.17) is 4.42 Å². The van der Waals surface area contributed by atoms with Crippen molar-refractivity contribution in [1.82, 2.24) is 4.98 Å². The molecule has 122 valence electrons. The number of nitro groups is 1. The van der Waals surface area contributed by atoms with Crippen LogP contribution in [0.25, 0.3) is 11.1 Å². The highest BCUT2D eigenvalue weighted by Gasteiger charge is 2.13. The van der Waals surface area contributed by atoms with E-state index in [2.05, 4.69) is 10.3 Å². The van der Waals surface area contributed by atoms with Crippen LogP contribution in [0.3, 0.4) is 0 Å². The number of non-ortho nitro benzene ring substituents is 1. The molecule has 0 aliphatic carbocycles. The Labute approximate surface area is 137 Å². The van der Waals surface area contributed by atoms with E-state index in [1.807, 2.05) is 13.8 Å². The number of benzene rings is 2. The molecule has 2 aromatic carbocycles. The van der Waals surface area contributed by atoms with Gasteiger partial charge in [-0.3, -0.25) is 14.9 Å². The van der Waals surface area contributed by atoms with Gasteiger partial charge in [-0.15, -0.1) is 0 Å². The number of fused-ring (bicyclic) bond motifs is 1. The average molecular weight is 325 g/mol. The molecule has 0 aliphatic heterocycles. The summed E-state index contributed by atoms with van der Waals surface area (Å²) in [6, 6.07) is 10.7. The van der Waals surface area contributed by atoms with Crippen molar-refractivity contribution in [2.24, 2.45) is 0 Å². The van der Waals surface area contributed by atoms with Crippen molar-refractivity contribution in [3.63, 3.8) is 0 Å². The normalized spacial score (nSPS) is 11.0. The van der Waals surface area contributed by atoms with Crippen LogP contribution in [-0.2, 0) is 0 Å². The van der Waals surface area contributed by atoms with E-state index in [1.165, 1.54) is 24.3 Å². The molecule has 3 rings (SSSR count). The van der Waals surface area contributed by atoms with Gasteiger partial charge in [0.2, 0.25) is 0 Å². The molecule has 0 atom stereocenters. The molecule has 0 spiro atoms. The van der Waals surface area contributed by atoms with Crippen LogP contribution in [0.2, 0.25) is 0 Å². The van der Waals surface area contributed by atoms with Crippen LogP contribution < -0.4 is 5.32 Å². The van der Waals surface area contributed by atoms with Gasteiger partial charge in [0, 0.05) is 35.4 Å². The molecule has 0 fully saturated rings. The molecule has 0 saturated carbocycles. The molecule has 0 radical (unpaired) electrons. The van der Waals surface area contributed by atoms with E-state index >= 15 is 0 Å². The number of carbonyl (C=O) groups excluding carboxylic acids is 1. The fraction of sp³-hybridized carbons (Fsp3) is 0.176. The number of anilines is 1. The lowest BCUT2D eigenvalue weighted by Gasteiger charge is -2.04. The Morgan fingerprint density at radius 1 is 1.25 bits per heavy atom. The fourth-order valence-corrected chi connectivity index (χ4v) is 2.23. The van der Waals surface area contributed by atoms with Crippen LogP contribution in [0.15, 0.2) is 46.9 Å². The molecule has 0 aliphatic rings. The standard InChI is InChI=1S/C17H15N3O4/c1-10(2)17-19-14-7-6-12(9-15(14)24-17)18-16(21)11-4-3-5-13(8-11)20(22)23/h3-10H,1-2H3,(H,18,21). The van der Waals surface area contributed by atoms with Crippen LogP contribution in [0.1, 0.15) is 36.0 Å². The van der Waals surface area contributed by atoms with Crippen LogP contribution >= 0.6 is 0 Å². The Hall–Kier alpha value is -3.22. The second-order valence-electron chi connectivity index (χ2n) is 5.65. The Balaban J connectivity index is 1.85. The number of amides is 1. The Bertz CT molecular complexity index is 930. The van der Waals surface area contributed by atoms with Gasteiger partial charge < -0.3 is 9.73 Å². The van der Waals surface area contributed by atoms with E-state index < -0.39 is 10.8 Å². The number of hydrogen-bond donors (Lipinski definition) is 1. The van der Waals surface area contributed by atoms with E-state index in [9.17, 15) is 14.9 Å². The molecule has 1 amide bonds. The van der Waals surface area contributed by atoms with Gasteiger partial charge in [-0.25, -0.2) is 4.98 Å². The first kappa shape index (κ1) is 15.7. The minimum absolute atomic E-state index is 0.130. The number of nitrogens with one attached hydrogen (secondary N) is 1. The smallest absolute Gasteiger partial charge is 0.270 e. The summed E-state index contributed by atoms with van der Waals surface area (Å²) >= 11 is 0. The largest absolute Gasteiger partial charge is 0.440 e. The predicted octanol–water partition coefficient (Wildman–Crippen LogP) is 4.11. The third-order valence-corrected chi connectivity index (χ3v) is 3.48. The highest BCUT2D eigenvalue weighted by atomic mass is 16.6. The summed E-state index contributed by atoms with van der Waals surface area (Å²) in [5.74, 6) is 0.370. The van der Waals surface area contributed by atoms with Gasteiger partial charge in [0.15, 0.2) is 11.5 Å². The van der Waals surface area contributed by atoms with Crippen molar-refractivity contribution < 1.29 is 14.1 Å². The van der Waals surface area contributed by atoms with Gasteiger partial charge in [0.05, 0.1) is 4.92 Å². The number of aromatic nitrogens is 1. The van der Waals surface area contributed by atoms with Gasteiger partial charge in [-0.05, 0) is 18.2 Å². The monoisotopic (exact) mass is 325 g/mol. The SMILES string of the molecule is CC(C)c1nc2ccc(NC(=O)c3cccc([N+](=O)[O-])c3)cc2o1. The molecule has 1 heterocycles. The predicted molar refractivity (Wildman–Crippen MR) is 89.1 cm³/mol. The molecule has 1 aromatic heterocycles. The topological polar surface area (TPSA) is 98.3 Å². The van der Waals surface area contributed by atoms with Crippen molar-refractivity contribution in [2.45, 2.75) is 19.8 Å². The molecule has 7 nitrogen and oxygen atoms in total. The summed E-state index contributed by atoms with van der Waals surface area (Å²) in [6.45, 7) is 3.96. The average Bonchev–Trinajstić information content (AvgIpc) is 2.98. The van der Waals surface area contributed by atoms with Gasteiger partial charge in [-0.2, -0.15) is 0 Å². The van der Waals surface area contributed by atoms with Crippen molar-refractivity contribution in [3.05, 3.63) is 64.0 Å². The molecule has 24 heavy (non-hydrogen) atoms.